The predicted octanol–water partition coefficient (Wildman–Crippen LogP) is 2.79. The number of thioether (sulfide) groups is 1. The molecule has 1 aliphatic rings. The van der Waals surface area contributed by atoms with Gasteiger partial charge in [0, 0.05) is 24.1 Å². The van der Waals surface area contributed by atoms with Gasteiger partial charge in [0.1, 0.15) is 6.04 Å². The summed E-state index contributed by atoms with van der Waals surface area (Å²) < 4.78 is -0.559. The van der Waals surface area contributed by atoms with Crippen LogP contribution in [-0.2, 0) is 27.3 Å². The van der Waals surface area contributed by atoms with E-state index in [2.05, 4.69) is 16.6 Å². The molecule has 0 saturated carbocycles. The van der Waals surface area contributed by atoms with Crippen molar-refractivity contribution in [1.29, 1.82) is 0 Å². The maximum atomic E-state index is 13.6. The average Bonchev–Trinajstić information content (AvgIpc) is 3.21. The van der Waals surface area contributed by atoms with Crippen LogP contribution in [0, 0.1) is 19.3 Å². The van der Waals surface area contributed by atoms with Gasteiger partial charge >= 0.3 is 0 Å². The summed E-state index contributed by atoms with van der Waals surface area (Å²) in [5.74, 6) is 1.48. The molecule has 37 heavy (non-hydrogen) atoms. The number of rotatable bonds is 10. The Labute approximate surface area is 223 Å². The molecule has 196 valence electrons. The zero-order chi connectivity index (χ0) is 27.0. The topological polar surface area (TPSA) is 98.7 Å². The number of aliphatic hydroxyl groups excluding tert-OH is 1. The molecule has 1 fully saturated rings. The second-order valence-electron chi connectivity index (χ2n) is 9.74. The number of carbonyl (C=O) groups is 3. The van der Waals surface area contributed by atoms with Gasteiger partial charge in [-0.25, -0.2) is 0 Å². The van der Waals surface area contributed by atoms with Gasteiger partial charge in [0.15, 0.2) is 6.10 Å². The summed E-state index contributed by atoms with van der Waals surface area (Å²) >= 11 is 1.48. The highest BCUT2D eigenvalue weighted by Crippen LogP contribution is 2.40. The van der Waals surface area contributed by atoms with Gasteiger partial charge in [-0.1, -0.05) is 54.6 Å². The molecular weight excluding hydrogens is 486 g/mol. The molecule has 3 N–H and O–H groups in total. The van der Waals surface area contributed by atoms with E-state index in [0.29, 0.717) is 6.54 Å². The SMILES string of the molecule is C#CCCC(=O)N[C@@H](Cc1ccccc1)[C@H](O)C(=O)N1CSC(C)(C)[C@H]1C(=O)NCc1ccccc1C. The Balaban J connectivity index is 1.77. The number of amides is 3. The Morgan fingerprint density at radius 3 is 2.51 bits per heavy atom. The molecule has 3 amide bonds. The van der Waals surface area contributed by atoms with Crippen LogP contribution in [-0.4, -0.2) is 56.5 Å². The third-order valence-electron chi connectivity index (χ3n) is 6.57. The number of hydrogen-bond donors (Lipinski definition) is 3. The lowest BCUT2D eigenvalue weighted by Gasteiger charge is -2.33. The van der Waals surface area contributed by atoms with Crippen LogP contribution in [0.2, 0.25) is 0 Å². The van der Waals surface area contributed by atoms with E-state index in [9.17, 15) is 19.5 Å². The molecule has 2 aromatic rings. The van der Waals surface area contributed by atoms with E-state index in [1.807, 2.05) is 75.4 Å². The lowest BCUT2D eigenvalue weighted by molar-refractivity contribution is -0.147. The van der Waals surface area contributed by atoms with E-state index in [1.54, 1.807) is 0 Å². The minimum Gasteiger partial charge on any atom is -0.381 e. The van der Waals surface area contributed by atoms with Crippen molar-refractivity contribution in [2.45, 2.75) is 69.5 Å². The fourth-order valence-corrected chi connectivity index (χ4v) is 5.56. The highest BCUT2D eigenvalue weighted by atomic mass is 32.2. The highest BCUT2D eigenvalue weighted by Gasteiger charge is 2.49. The summed E-state index contributed by atoms with van der Waals surface area (Å²) in [6, 6.07) is 15.5. The number of carbonyl (C=O) groups excluding carboxylic acids is 3. The van der Waals surface area contributed by atoms with Crippen LogP contribution in [0.5, 0.6) is 0 Å². The number of hydrogen-bond acceptors (Lipinski definition) is 5. The minimum atomic E-state index is -1.53. The van der Waals surface area contributed by atoms with Crippen LogP contribution >= 0.6 is 11.8 Å². The van der Waals surface area contributed by atoms with Gasteiger partial charge in [0.2, 0.25) is 11.8 Å². The predicted molar refractivity (Wildman–Crippen MR) is 146 cm³/mol. The molecule has 3 rings (SSSR count). The molecule has 0 radical (unpaired) electrons. The summed E-state index contributed by atoms with van der Waals surface area (Å²) in [4.78, 5) is 40.8. The molecule has 0 bridgehead atoms. The van der Waals surface area contributed by atoms with E-state index in [0.717, 1.165) is 16.7 Å². The Kier molecular flexibility index (Phi) is 9.79. The summed E-state index contributed by atoms with van der Waals surface area (Å²) in [7, 11) is 0. The molecular formula is C29H35N3O4S. The van der Waals surface area contributed by atoms with Crippen LogP contribution < -0.4 is 10.6 Å². The van der Waals surface area contributed by atoms with Crippen molar-refractivity contribution in [2.75, 3.05) is 5.88 Å². The van der Waals surface area contributed by atoms with Gasteiger partial charge in [-0.2, -0.15) is 0 Å². The van der Waals surface area contributed by atoms with Gasteiger partial charge < -0.3 is 20.6 Å². The van der Waals surface area contributed by atoms with E-state index < -0.39 is 28.8 Å². The Hall–Kier alpha value is -3.28. The van der Waals surface area contributed by atoms with E-state index >= 15 is 0 Å². The molecule has 1 heterocycles. The number of aliphatic hydroxyl groups is 1. The first kappa shape index (κ1) is 28.3. The van der Waals surface area contributed by atoms with Gasteiger partial charge in [-0.3, -0.25) is 14.4 Å². The van der Waals surface area contributed by atoms with Crippen molar-refractivity contribution in [3.05, 3.63) is 71.3 Å². The van der Waals surface area contributed by atoms with E-state index in [-0.39, 0.29) is 37.0 Å². The lowest BCUT2D eigenvalue weighted by atomic mass is 9.97. The molecule has 1 aliphatic heterocycles. The van der Waals surface area contributed by atoms with Gasteiger partial charge in [0.25, 0.3) is 5.91 Å². The number of nitrogens with one attached hydrogen (secondary N) is 2. The minimum absolute atomic E-state index is 0.0965. The average molecular weight is 522 g/mol. The van der Waals surface area contributed by atoms with Crippen LogP contribution in [0.1, 0.15) is 43.4 Å². The van der Waals surface area contributed by atoms with Gasteiger partial charge in [0.05, 0.1) is 11.9 Å². The number of aryl methyl sites for hydroxylation is 1. The number of terminal acetylenes is 1. The fraction of sp³-hybridized carbons (Fsp3) is 0.414. The van der Waals surface area contributed by atoms with E-state index in [4.69, 9.17) is 6.42 Å². The maximum Gasteiger partial charge on any atom is 0.254 e. The lowest BCUT2D eigenvalue weighted by Crippen LogP contribution is -2.58. The fourth-order valence-electron chi connectivity index (χ4n) is 4.42. The Bertz CT molecular complexity index is 1150. The van der Waals surface area contributed by atoms with Crippen LogP contribution in [0.25, 0.3) is 0 Å². The molecule has 8 heteroatoms. The Morgan fingerprint density at radius 1 is 1.16 bits per heavy atom. The molecule has 2 aromatic carbocycles. The molecule has 0 unspecified atom stereocenters. The molecule has 1 saturated heterocycles. The first-order valence-electron chi connectivity index (χ1n) is 12.4. The van der Waals surface area contributed by atoms with E-state index in [1.165, 1.54) is 16.7 Å². The highest BCUT2D eigenvalue weighted by molar-refractivity contribution is 8.00. The summed E-state index contributed by atoms with van der Waals surface area (Å²) in [6.45, 7) is 6.15. The van der Waals surface area contributed by atoms with Gasteiger partial charge in [-0.15, -0.1) is 24.1 Å². The third kappa shape index (κ3) is 7.37. The van der Waals surface area contributed by atoms with Crippen molar-refractivity contribution < 1.29 is 19.5 Å². The van der Waals surface area contributed by atoms with Crippen molar-refractivity contribution in [3.63, 3.8) is 0 Å². The first-order valence-corrected chi connectivity index (χ1v) is 13.3. The second-order valence-corrected chi connectivity index (χ2v) is 11.3. The second kappa shape index (κ2) is 12.8. The summed E-state index contributed by atoms with van der Waals surface area (Å²) in [5.41, 5.74) is 2.92. The third-order valence-corrected chi connectivity index (χ3v) is 7.94. The zero-order valence-electron chi connectivity index (χ0n) is 21.6. The van der Waals surface area contributed by atoms with Crippen LogP contribution in [0.3, 0.4) is 0 Å². The first-order chi connectivity index (χ1) is 17.6. The van der Waals surface area contributed by atoms with Crippen LogP contribution in [0.4, 0.5) is 0 Å². The standard InChI is InChI=1S/C29H35N3O4S/c1-5-6-16-24(33)31-23(17-21-13-8-7-9-14-21)25(34)28(36)32-19-37-29(3,4)26(32)27(35)30-18-22-15-11-10-12-20(22)2/h1,7-15,23,25-26,34H,6,16-19H2,2-4H3,(H,30,35)(H,31,33)/t23-,25-,26+/m0/s1. The monoisotopic (exact) mass is 521 g/mol. The molecule has 7 nitrogen and oxygen atoms in total. The van der Waals surface area contributed by atoms with Crippen molar-refractivity contribution in [1.82, 2.24) is 15.5 Å². The smallest absolute Gasteiger partial charge is 0.254 e. The Morgan fingerprint density at radius 2 is 1.84 bits per heavy atom. The normalized spacial score (nSPS) is 17.9. The summed E-state index contributed by atoms with van der Waals surface area (Å²) in [6.07, 6.45) is 4.36. The van der Waals surface area contributed by atoms with Crippen molar-refractivity contribution >= 4 is 29.5 Å². The molecule has 3 atom stereocenters. The maximum absolute atomic E-state index is 13.6. The zero-order valence-corrected chi connectivity index (χ0v) is 22.4. The van der Waals surface area contributed by atoms with Crippen molar-refractivity contribution in [2.24, 2.45) is 0 Å². The number of nitrogens with zero attached hydrogens (tertiary/aromatic N) is 1. The molecule has 0 aliphatic carbocycles. The largest absolute Gasteiger partial charge is 0.381 e. The van der Waals surface area contributed by atoms with Crippen LogP contribution in [0.15, 0.2) is 54.6 Å². The quantitative estimate of drug-likeness (QED) is 0.418. The number of benzene rings is 2. The molecule has 0 spiro atoms. The van der Waals surface area contributed by atoms with Crippen molar-refractivity contribution in [3.8, 4) is 12.3 Å². The van der Waals surface area contributed by atoms with Gasteiger partial charge in [-0.05, 0) is 43.9 Å². The summed E-state index contributed by atoms with van der Waals surface area (Å²) in [5, 5.41) is 17.0. The molecule has 0 aromatic heterocycles.